The van der Waals surface area contributed by atoms with Crippen molar-refractivity contribution in [1.82, 2.24) is 9.88 Å². The van der Waals surface area contributed by atoms with Crippen molar-refractivity contribution >= 4 is 17.7 Å². The molecule has 0 bridgehead atoms. The lowest BCUT2D eigenvalue weighted by Gasteiger charge is -2.32. The Kier molecular flexibility index (Phi) is 5.97. The van der Waals surface area contributed by atoms with E-state index in [-0.39, 0.29) is 12.0 Å². The number of piperidine rings is 1. The van der Waals surface area contributed by atoms with Crippen LogP contribution in [0.2, 0.25) is 0 Å². The molecule has 0 N–H and O–H groups in total. The van der Waals surface area contributed by atoms with E-state index in [1.165, 1.54) is 5.56 Å². The van der Waals surface area contributed by atoms with Gasteiger partial charge in [-0.05, 0) is 49.0 Å². The first kappa shape index (κ1) is 18.4. The number of amides is 1. The number of pyridine rings is 1. The molecule has 1 aromatic heterocycles. The summed E-state index contributed by atoms with van der Waals surface area (Å²) in [6.45, 7) is 1.65. The van der Waals surface area contributed by atoms with Crippen LogP contribution < -0.4 is 4.74 Å². The van der Waals surface area contributed by atoms with Crippen LogP contribution in [0.25, 0.3) is 0 Å². The van der Waals surface area contributed by atoms with Crippen LogP contribution in [0.3, 0.4) is 0 Å². The van der Waals surface area contributed by atoms with E-state index in [9.17, 15) is 4.79 Å². The minimum atomic E-state index is 0.0983. The lowest BCUT2D eigenvalue weighted by atomic mass is 9.90. The molecule has 0 aliphatic carbocycles. The topological polar surface area (TPSA) is 42.4 Å². The van der Waals surface area contributed by atoms with Crippen molar-refractivity contribution in [3.8, 4) is 5.88 Å². The third-order valence-corrected chi connectivity index (χ3v) is 6.56. The van der Waals surface area contributed by atoms with Gasteiger partial charge in [0.15, 0.2) is 0 Å². The Morgan fingerprint density at radius 3 is 2.70 bits per heavy atom. The van der Waals surface area contributed by atoms with Crippen LogP contribution in [0.1, 0.15) is 35.2 Å². The lowest BCUT2D eigenvalue weighted by molar-refractivity contribution is 0.0689. The number of carbonyl (C=O) groups is 1. The number of ether oxygens (including phenoxy) is 1. The van der Waals surface area contributed by atoms with Gasteiger partial charge in [-0.15, -0.1) is 0 Å². The van der Waals surface area contributed by atoms with Crippen LogP contribution in [0.15, 0.2) is 48.7 Å². The van der Waals surface area contributed by atoms with Gasteiger partial charge in [0, 0.05) is 36.7 Å². The fourth-order valence-corrected chi connectivity index (χ4v) is 4.95. The number of hydrogen-bond donors (Lipinski definition) is 0. The molecule has 142 valence electrons. The molecule has 1 unspecified atom stereocenters. The predicted molar refractivity (Wildman–Crippen MR) is 109 cm³/mol. The standard InChI is InChI=1S/C22H26N2O2S/c25-22(19-6-10-23-21(15-19)26-20-9-13-27-16-20)24-11-7-18(8-12-24)14-17-4-2-1-3-5-17/h1-6,10,15,18,20H,7-9,11-14,16H2. The molecule has 1 aromatic carbocycles. The van der Waals surface area contributed by atoms with E-state index in [4.69, 9.17) is 4.74 Å². The van der Waals surface area contributed by atoms with Gasteiger partial charge in [-0.3, -0.25) is 4.79 Å². The molecule has 1 atom stereocenters. The lowest BCUT2D eigenvalue weighted by Crippen LogP contribution is -2.39. The summed E-state index contributed by atoms with van der Waals surface area (Å²) in [7, 11) is 0. The van der Waals surface area contributed by atoms with Crippen LogP contribution >= 0.6 is 11.8 Å². The smallest absolute Gasteiger partial charge is 0.254 e. The minimum absolute atomic E-state index is 0.0983. The maximum atomic E-state index is 12.9. The number of thioether (sulfide) groups is 1. The van der Waals surface area contributed by atoms with Crippen LogP contribution in [0.5, 0.6) is 5.88 Å². The largest absolute Gasteiger partial charge is 0.473 e. The molecule has 2 aromatic rings. The van der Waals surface area contributed by atoms with Crippen LogP contribution in [0, 0.1) is 5.92 Å². The SMILES string of the molecule is O=C(c1ccnc(OC2CCSC2)c1)N1CCC(Cc2ccccc2)CC1. The van der Waals surface area contributed by atoms with Crippen LogP contribution in [-0.2, 0) is 6.42 Å². The summed E-state index contributed by atoms with van der Waals surface area (Å²) in [5.41, 5.74) is 2.08. The maximum absolute atomic E-state index is 12.9. The summed E-state index contributed by atoms with van der Waals surface area (Å²) < 4.78 is 5.93. The van der Waals surface area contributed by atoms with Crippen molar-refractivity contribution in [2.75, 3.05) is 24.6 Å². The van der Waals surface area contributed by atoms with Gasteiger partial charge in [0.1, 0.15) is 6.10 Å². The Morgan fingerprint density at radius 1 is 1.15 bits per heavy atom. The van der Waals surface area contributed by atoms with E-state index in [0.717, 1.165) is 50.3 Å². The van der Waals surface area contributed by atoms with Gasteiger partial charge in [0.05, 0.1) is 0 Å². The molecule has 4 rings (SSSR count). The van der Waals surface area contributed by atoms with Crippen molar-refractivity contribution in [2.24, 2.45) is 5.92 Å². The number of nitrogens with zero attached hydrogens (tertiary/aromatic N) is 2. The highest BCUT2D eigenvalue weighted by Crippen LogP contribution is 2.25. The molecule has 0 spiro atoms. The zero-order chi connectivity index (χ0) is 18.5. The minimum Gasteiger partial charge on any atom is -0.473 e. The first-order chi connectivity index (χ1) is 13.3. The fourth-order valence-electron chi connectivity index (χ4n) is 3.85. The average molecular weight is 383 g/mol. The number of rotatable bonds is 5. The summed E-state index contributed by atoms with van der Waals surface area (Å²) in [4.78, 5) is 19.2. The highest BCUT2D eigenvalue weighted by Gasteiger charge is 2.24. The number of carbonyl (C=O) groups excluding carboxylic acids is 1. The fraction of sp³-hybridized carbons (Fsp3) is 0.455. The molecule has 2 saturated heterocycles. The first-order valence-electron chi connectivity index (χ1n) is 9.81. The molecule has 5 heteroatoms. The summed E-state index contributed by atoms with van der Waals surface area (Å²) in [6.07, 6.45) is 6.20. The van der Waals surface area contributed by atoms with Gasteiger partial charge in [0.2, 0.25) is 5.88 Å². The highest BCUT2D eigenvalue weighted by molar-refractivity contribution is 7.99. The Bertz CT molecular complexity index is 754. The van der Waals surface area contributed by atoms with E-state index < -0.39 is 0 Å². The molecule has 3 heterocycles. The van der Waals surface area contributed by atoms with Crippen LogP contribution in [-0.4, -0.2) is 46.5 Å². The summed E-state index contributed by atoms with van der Waals surface area (Å²) in [5, 5.41) is 0. The van der Waals surface area contributed by atoms with Gasteiger partial charge < -0.3 is 9.64 Å². The van der Waals surface area contributed by atoms with Crippen LogP contribution in [0.4, 0.5) is 0 Å². The monoisotopic (exact) mass is 382 g/mol. The molecule has 27 heavy (non-hydrogen) atoms. The third-order valence-electron chi connectivity index (χ3n) is 5.43. The second-order valence-corrected chi connectivity index (χ2v) is 8.56. The molecule has 2 fully saturated rings. The van der Waals surface area contributed by atoms with E-state index in [0.29, 0.717) is 17.4 Å². The molecule has 0 radical (unpaired) electrons. The number of aromatic nitrogens is 1. The molecule has 0 saturated carbocycles. The van der Waals surface area contributed by atoms with E-state index in [1.54, 1.807) is 18.3 Å². The van der Waals surface area contributed by atoms with E-state index in [2.05, 4.69) is 35.3 Å². The Hall–Kier alpha value is -2.01. The Labute approximate surface area is 165 Å². The van der Waals surface area contributed by atoms with Crippen molar-refractivity contribution in [3.63, 3.8) is 0 Å². The van der Waals surface area contributed by atoms with Gasteiger partial charge in [-0.1, -0.05) is 30.3 Å². The van der Waals surface area contributed by atoms with Gasteiger partial charge >= 0.3 is 0 Å². The molecule has 1 amide bonds. The van der Waals surface area contributed by atoms with Gasteiger partial charge in [-0.25, -0.2) is 4.98 Å². The van der Waals surface area contributed by atoms with E-state index in [1.807, 2.05) is 16.7 Å². The quantitative estimate of drug-likeness (QED) is 0.782. The molecular weight excluding hydrogens is 356 g/mol. The molecule has 2 aliphatic rings. The number of likely N-dealkylation sites (tertiary alicyclic amines) is 1. The first-order valence-corrected chi connectivity index (χ1v) is 11.0. The van der Waals surface area contributed by atoms with Crippen molar-refractivity contribution in [1.29, 1.82) is 0 Å². The summed E-state index contributed by atoms with van der Waals surface area (Å²) in [6, 6.07) is 14.2. The Morgan fingerprint density at radius 2 is 1.96 bits per heavy atom. The second kappa shape index (κ2) is 8.79. The average Bonchev–Trinajstić information content (AvgIpc) is 3.22. The van der Waals surface area contributed by atoms with Gasteiger partial charge in [0.25, 0.3) is 5.91 Å². The zero-order valence-corrected chi connectivity index (χ0v) is 16.4. The highest BCUT2D eigenvalue weighted by atomic mass is 32.2. The molecule has 4 nitrogen and oxygen atoms in total. The normalized spacial score (nSPS) is 20.6. The number of hydrogen-bond acceptors (Lipinski definition) is 4. The van der Waals surface area contributed by atoms with Gasteiger partial charge in [-0.2, -0.15) is 11.8 Å². The summed E-state index contributed by atoms with van der Waals surface area (Å²) >= 11 is 1.91. The zero-order valence-electron chi connectivity index (χ0n) is 15.5. The van der Waals surface area contributed by atoms with Crippen molar-refractivity contribution < 1.29 is 9.53 Å². The van der Waals surface area contributed by atoms with Crippen molar-refractivity contribution in [2.45, 2.75) is 31.8 Å². The molecular formula is C22H26N2O2S. The predicted octanol–water partition coefficient (Wildman–Crippen LogP) is 4.06. The van der Waals surface area contributed by atoms with Crippen molar-refractivity contribution in [3.05, 3.63) is 59.8 Å². The molecule has 2 aliphatic heterocycles. The van der Waals surface area contributed by atoms with E-state index >= 15 is 0 Å². The number of benzene rings is 1. The maximum Gasteiger partial charge on any atom is 0.254 e. The third kappa shape index (κ3) is 4.83. The summed E-state index contributed by atoms with van der Waals surface area (Å²) in [5.74, 6) is 3.48. The second-order valence-electron chi connectivity index (χ2n) is 7.41. The Balaban J connectivity index is 1.32.